The Morgan fingerprint density at radius 1 is 0.848 bits per heavy atom. The molecule has 1 aliphatic rings. The summed E-state index contributed by atoms with van der Waals surface area (Å²) in [6, 6.07) is 27.6. The van der Waals surface area contributed by atoms with Crippen LogP contribution in [-0.2, 0) is 6.42 Å². The summed E-state index contributed by atoms with van der Waals surface area (Å²) in [7, 11) is 0. The Bertz CT molecular complexity index is 2080. The van der Waals surface area contributed by atoms with Crippen molar-refractivity contribution in [2.75, 3.05) is 0 Å². The summed E-state index contributed by atoms with van der Waals surface area (Å²) in [6.07, 6.45) is 8.99. The van der Waals surface area contributed by atoms with Gasteiger partial charge in [0.05, 0.1) is 22.4 Å². The number of para-hydroxylation sites is 1. The molecule has 0 N–H and O–H groups in total. The van der Waals surface area contributed by atoms with Gasteiger partial charge in [-0.1, -0.05) is 63.1 Å². The molecule has 6 aromatic rings. The first kappa shape index (κ1) is 30.0. The highest BCUT2D eigenvalue weighted by Gasteiger charge is 2.31. The molecule has 5 heteroatoms. The molecule has 1 aliphatic carbocycles. The van der Waals surface area contributed by atoms with E-state index in [4.69, 9.17) is 14.8 Å². The van der Waals surface area contributed by atoms with E-state index in [1.165, 1.54) is 52.4 Å². The van der Waals surface area contributed by atoms with Crippen LogP contribution in [0.2, 0.25) is 0 Å². The molecule has 0 fully saturated rings. The lowest BCUT2D eigenvalue weighted by Crippen LogP contribution is -2.20. The maximum Gasteiger partial charge on any atom is 0.137 e. The van der Waals surface area contributed by atoms with Crippen LogP contribution in [0.25, 0.3) is 33.3 Å². The second-order valence-corrected chi connectivity index (χ2v) is 13.3. The fraction of sp³-hybridized carbons (Fsp3) is 0.317. The van der Waals surface area contributed by atoms with E-state index in [2.05, 4.69) is 130 Å². The summed E-state index contributed by atoms with van der Waals surface area (Å²) in [6.45, 7) is 13.6. The highest BCUT2D eigenvalue weighted by molar-refractivity contribution is 6.09. The molecular weight excluding hydrogens is 564 g/mol. The number of hydrogen-bond donors (Lipinski definition) is 0. The topological polar surface area (TPSA) is 44.9 Å². The van der Waals surface area contributed by atoms with Gasteiger partial charge in [0.1, 0.15) is 17.3 Å². The van der Waals surface area contributed by atoms with Crippen LogP contribution in [0.5, 0.6) is 11.5 Å². The molecule has 3 aromatic heterocycles. The normalized spacial score (nSPS) is 18.3. The number of pyridine rings is 1. The number of aryl methyl sites for hydroxylation is 2. The second-order valence-electron chi connectivity index (χ2n) is 13.3. The fourth-order valence-corrected chi connectivity index (χ4v) is 7.85. The van der Waals surface area contributed by atoms with Crippen LogP contribution >= 0.6 is 0 Å². The molecule has 5 nitrogen and oxygen atoms in total. The third-order valence-corrected chi connectivity index (χ3v) is 9.81. The van der Waals surface area contributed by atoms with E-state index in [1.807, 2.05) is 12.3 Å². The van der Waals surface area contributed by atoms with Crippen molar-refractivity contribution in [1.82, 2.24) is 19.3 Å². The standard InChI is InChI=1S/C41H44N4O/c1-7-8-12-31-19-20-42-39(23-31)44-37-16-10-9-15-35(37)36-18-17-34(25-38(36)44)46-33-14-11-13-32(24-33)45-30(6)41(29(5)43-45)40-27(3)21-26(2)22-28(40)4/h9-11,13-21,23-26,28,40H,7-8,12,22H2,1-6H3/t26-,28-,40?/m0/s1. The number of aromatic nitrogens is 4. The van der Waals surface area contributed by atoms with Gasteiger partial charge in [-0.3, -0.25) is 4.57 Å². The van der Waals surface area contributed by atoms with E-state index < -0.39 is 0 Å². The molecule has 0 aliphatic heterocycles. The average Bonchev–Trinajstić information content (AvgIpc) is 3.53. The van der Waals surface area contributed by atoms with Gasteiger partial charge in [0.15, 0.2) is 0 Å². The number of benzene rings is 3. The third-order valence-electron chi connectivity index (χ3n) is 9.81. The van der Waals surface area contributed by atoms with E-state index in [-0.39, 0.29) is 0 Å². The van der Waals surface area contributed by atoms with Crippen molar-refractivity contribution < 1.29 is 4.74 Å². The van der Waals surface area contributed by atoms with Crippen LogP contribution in [0.4, 0.5) is 0 Å². The van der Waals surface area contributed by atoms with Crippen LogP contribution in [0.15, 0.2) is 96.7 Å². The van der Waals surface area contributed by atoms with Gasteiger partial charge in [-0.15, -0.1) is 0 Å². The summed E-state index contributed by atoms with van der Waals surface area (Å²) in [4.78, 5) is 4.82. The van der Waals surface area contributed by atoms with E-state index in [0.29, 0.717) is 17.8 Å². The fourth-order valence-electron chi connectivity index (χ4n) is 7.85. The Morgan fingerprint density at radius 3 is 2.48 bits per heavy atom. The SMILES string of the molecule is CCCCc1ccnc(-n2c3ccccc3c3ccc(Oc4cccc(-n5nc(C)c(C6C(C)=C[C@H](C)C[C@@H]6C)c5C)c4)cc32)c1. The lowest BCUT2D eigenvalue weighted by atomic mass is 9.72. The average molecular weight is 609 g/mol. The predicted octanol–water partition coefficient (Wildman–Crippen LogP) is 10.8. The molecule has 0 amide bonds. The Morgan fingerprint density at radius 2 is 1.65 bits per heavy atom. The lowest BCUT2D eigenvalue weighted by Gasteiger charge is -2.32. The zero-order chi connectivity index (χ0) is 31.9. The van der Waals surface area contributed by atoms with Crippen molar-refractivity contribution in [3.8, 4) is 23.0 Å². The summed E-state index contributed by atoms with van der Waals surface area (Å²) >= 11 is 0. The lowest BCUT2D eigenvalue weighted by molar-refractivity contribution is 0.390. The molecule has 3 atom stereocenters. The van der Waals surface area contributed by atoms with Crippen LogP contribution in [0, 0.1) is 25.7 Å². The maximum absolute atomic E-state index is 6.57. The molecule has 46 heavy (non-hydrogen) atoms. The van der Waals surface area contributed by atoms with Crippen LogP contribution in [0.3, 0.4) is 0 Å². The highest BCUT2D eigenvalue weighted by Crippen LogP contribution is 2.43. The minimum atomic E-state index is 0.407. The number of allylic oxidation sites excluding steroid dienone is 2. The van der Waals surface area contributed by atoms with E-state index in [9.17, 15) is 0 Å². The second kappa shape index (κ2) is 12.3. The van der Waals surface area contributed by atoms with Gasteiger partial charge in [-0.05, 0) is 99.9 Å². The predicted molar refractivity (Wildman–Crippen MR) is 190 cm³/mol. The number of hydrogen-bond acceptors (Lipinski definition) is 3. The van der Waals surface area contributed by atoms with Crippen molar-refractivity contribution in [3.63, 3.8) is 0 Å². The Kier molecular flexibility index (Phi) is 8.02. The van der Waals surface area contributed by atoms with Crippen LogP contribution in [0.1, 0.15) is 75.4 Å². The molecule has 0 bridgehead atoms. The molecule has 1 unspecified atom stereocenters. The van der Waals surface area contributed by atoms with Crippen molar-refractivity contribution in [3.05, 3.63) is 119 Å². The molecular formula is C41H44N4O. The number of fused-ring (bicyclic) bond motifs is 3. The number of ether oxygens (including phenoxy) is 1. The zero-order valence-electron chi connectivity index (χ0n) is 27.9. The number of unbranched alkanes of at least 4 members (excludes halogenated alkanes) is 1. The van der Waals surface area contributed by atoms with Crippen LogP contribution < -0.4 is 4.74 Å². The first-order valence-corrected chi connectivity index (χ1v) is 16.8. The Balaban J connectivity index is 1.25. The molecule has 7 rings (SSSR count). The monoisotopic (exact) mass is 608 g/mol. The quantitative estimate of drug-likeness (QED) is 0.162. The van der Waals surface area contributed by atoms with E-state index in [1.54, 1.807) is 0 Å². The van der Waals surface area contributed by atoms with Gasteiger partial charge in [-0.25, -0.2) is 9.67 Å². The van der Waals surface area contributed by atoms with Gasteiger partial charge in [-0.2, -0.15) is 5.10 Å². The van der Waals surface area contributed by atoms with Gasteiger partial charge in [0.2, 0.25) is 0 Å². The van der Waals surface area contributed by atoms with Crippen molar-refractivity contribution in [2.24, 2.45) is 11.8 Å². The molecule has 0 saturated carbocycles. The first-order chi connectivity index (χ1) is 22.3. The Hall–Kier alpha value is -4.64. The van der Waals surface area contributed by atoms with Gasteiger partial charge >= 0.3 is 0 Å². The molecule has 3 heterocycles. The minimum absolute atomic E-state index is 0.407. The van der Waals surface area contributed by atoms with Crippen molar-refractivity contribution >= 4 is 21.8 Å². The summed E-state index contributed by atoms with van der Waals surface area (Å²) in [5.41, 5.74) is 9.68. The zero-order valence-corrected chi connectivity index (χ0v) is 27.9. The van der Waals surface area contributed by atoms with Gasteiger partial charge in [0.25, 0.3) is 0 Å². The van der Waals surface area contributed by atoms with E-state index in [0.717, 1.165) is 46.2 Å². The molecule has 234 valence electrons. The van der Waals surface area contributed by atoms with Gasteiger partial charge in [0, 0.05) is 46.3 Å². The van der Waals surface area contributed by atoms with Gasteiger partial charge < -0.3 is 4.74 Å². The highest BCUT2D eigenvalue weighted by atomic mass is 16.5. The van der Waals surface area contributed by atoms with Crippen molar-refractivity contribution in [2.45, 2.75) is 73.1 Å². The summed E-state index contributed by atoms with van der Waals surface area (Å²) < 4.78 is 10.9. The Labute approximate surface area is 272 Å². The van der Waals surface area contributed by atoms with E-state index >= 15 is 0 Å². The summed E-state index contributed by atoms with van der Waals surface area (Å²) in [5.74, 6) is 4.13. The largest absolute Gasteiger partial charge is 0.457 e. The molecule has 3 aromatic carbocycles. The van der Waals surface area contributed by atoms with Crippen molar-refractivity contribution in [1.29, 1.82) is 0 Å². The van der Waals surface area contributed by atoms with Crippen LogP contribution in [-0.4, -0.2) is 19.3 Å². The number of rotatable bonds is 8. The smallest absolute Gasteiger partial charge is 0.137 e. The molecule has 0 saturated heterocycles. The first-order valence-electron chi connectivity index (χ1n) is 16.8. The summed E-state index contributed by atoms with van der Waals surface area (Å²) in [5, 5.41) is 7.44. The molecule has 0 radical (unpaired) electrons. The molecule has 0 spiro atoms. The number of nitrogens with zero attached hydrogens (tertiary/aromatic N) is 4. The minimum Gasteiger partial charge on any atom is -0.457 e. The maximum atomic E-state index is 6.57. The third kappa shape index (κ3) is 5.42.